The molecule has 0 aliphatic heterocycles. The molecule has 5 heteroatoms. The molecule has 0 fully saturated rings. The van der Waals surface area contributed by atoms with Crippen LogP contribution in [0.25, 0.3) is 0 Å². The van der Waals surface area contributed by atoms with Gasteiger partial charge in [-0.15, -0.1) is 0 Å². The molecule has 0 N–H and O–H groups in total. The molecule has 0 amide bonds. The highest BCUT2D eigenvalue weighted by Gasteiger charge is 2.24. The zero-order valence-electron chi connectivity index (χ0n) is 10.1. The minimum Gasteiger partial charge on any atom is -0.292 e. The monoisotopic (exact) mass is 351 g/mol. The molecule has 0 spiro atoms. The Labute approximate surface area is 128 Å². The fraction of sp³-hybridized carbons (Fsp3) is 0.0667. The fourth-order valence-corrected chi connectivity index (χ4v) is 2.37. The van der Waals surface area contributed by atoms with Crippen LogP contribution in [0.3, 0.4) is 0 Å². The van der Waals surface area contributed by atoms with E-state index in [1.165, 1.54) is 24.3 Å². The summed E-state index contributed by atoms with van der Waals surface area (Å²) in [6, 6.07) is 12.2. The second-order valence-electron chi connectivity index (χ2n) is 4.08. The highest BCUT2D eigenvalue weighted by molar-refractivity contribution is 9.10. The summed E-state index contributed by atoms with van der Waals surface area (Å²) in [5.41, 5.74) is 0.701. The topological polar surface area (TPSA) is 40.9 Å². The van der Waals surface area contributed by atoms with Gasteiger partial charge in [0.15, 0.2) is 5.78 Å². The molecule has 0 radical (unpaired) electrons. The van der Waals surface area contributed by atoms with E-state index >= 15 is 0 Å². The zero-order chi connectivity index (χ0) is 14.7. The second kappa shape index (κ2) is 6.17. The van der Waals surface area contributed by atoms with Crippen LogP contribution in [0.5, 0.6) is 0 Å². The van der Waals surface area contributed by atoms with Crippen molar-refractivity contribution in [3.8, 4) is 6.07 Å². The molecule has 0 aromatic heterocycles. The van der Waals surface area contributed by atoms with Gasteiger partial charge in [0.25, 0.3) is 0 Å². The van der Waals surface area contributed by atoms with E-state index in [0.717, 1.165) is 0 Å². The number of nitriles is 1. The van der Waals surface area contributed by atoms with Gasteiger partial charge in [-0.25, -0.2) is 4.39 Å². The Hall–Kier alpha value is -1.70. The molecule has 0 heterocycles. The molecule has 0 aliphatic carbocycles. The van der Waals surface area contributed by atoms with Crippen LogP contribution in [0.2, 0.25) is 5.02 Å². The lowest BCUT2D eigenvalue weighted by Gasteiger charge is -2.10. The maximum absolute atomic E-state index is 12.9. The minimum absolute atomic E-state index is 0.261. The van der Waals surface area contributed by atoms with Gasteiger partial charge in [-0.3, -0.25) is 4.79 Å². The molecule has 2 aromatic carbocycles. The Bertz CT molecular complexity index is 694. The van der Waals surface area contributed by atoms with Gasteiger partial charge in [0.1, 0.15) is 11.7 Å². The third kappa shape index (κ3) is 2.90. The number of hydrogen-bond donors (Lipinski definition) is 0. The Morgan fingerprint density at radius 1 is 1.25 bits per heavy atom. The summed E-state index contributed by atoms with van der Waals surface area (Å²) >= 11 is 9.30. The predicted molar refractivity (Wildman–Crippen MR) is 78.2 cm³/mol. The molecular formula is C15H8BrClFNO. The largest absolute Gasteiger partial charge is 0.292 e. The number of carbonyl (C=O) groups excluding carboxylic acids is 1. The molecule has 20 heavy (non-hydrogen) atoms. The molecule has 1 unspecified atom stereocenters. The second-order valence-corrected chi connectivity index (χ2v) is 5.31. The van der Waals surface area contributed by atoms with Crippen LogP contribution < -0.4 is 0 Å². The number of benzene rings is 2. The van der Waals surface area contributed by atoms with E-state index in [4.69, 9.17) is 11.6 Å². The van der Waals surface area contributed by atoms with Crippen LogP contribution in [0.15, 0.2) is 46.9 Å². The van der Waals surface area contributed by atoms with Crippen LogP contribution in [0, 0.1) is 17.1 Å². The van der Waals surface area contributed by atoms with E-state index in [9.17, 15) is 14.4 Å². The summed E-state index contributed by atoms with van der Waals surface area (Å²) in [5.74, 6) is -1.84. The van der Waals surface area contributed by atoms with Crippen molar-refractivity contribution < 1.29 is 9.18 Å². The van der Waals surface area contributed by atoms with Crippen molar-refractivity contribution in [3.05, 3.63) is 68.9 Å². The van der Waals surface area contributed by atoms with Gasteiger partial charge < -0.3 is 0 Å². The predicted octanol–water partition coefficient (Wildman–Crippen LogP) is 4.73. The Morgan fingerprint density at radius 3 is 2.50 bits per heavy atom. The van der Waals surface area contributed by atoms with Crippen LogP contribution in [-0.2, 0) is 0 Å². The normalized spacial score (nSPS) is 11.7. The SMILES string of the molecule is N#CC(C(=O)c1cccc(Br)c1Cl)c1ccc(F)cc1. The maximum Gasteiger partial charge on any atom is 0.185 e. The van der Waals surface area contributed by atoms with Crippen molar-refractivity contribution in [2.24, 2.45) is 0 Å². The van der Waals surface area contributed by atoms with Crippen molar-refractivity contribution in [2.45, 2.75) is 5.92 Å². The molecule has 2 nitrogen and oxygen atoms in total. The first-order chi connectivity index (χ1) is 9.54. The fourth-order valence-electron chi connectivity index (χ4n) is 1.79. The van der Waals surface area contributed by atoms with E-state index in [-0.39, 0.29) is 10.6 Å². The van der Waals surface area contributed by atoms with Gasteiger partial charge >= 0.3 is 0 Å². The van der Waals surface area contributed by atoms with Gasteiger partial charge in [0.05, 0.1) is 11.1 Å². The van der Waals surface area contributed by atoms with Gasteiger partial charge in [0.2, 0.25) is 0 Å². The Kier molecular flexibility index (Phi) is 4.53. The van der Waals surface area contributed by atoms with Crippen LogP contribution in [-0.4, -0.2) is 5.78 Å². The lowest BCUT2D eigenvalue weighted by atomic mass is 9.92. The van der Waals surface area contributed by atoms with E-state index in [2.05, 4.69) is 15.9 Å². The molecule has 0 saturated carbocycles. The van der Waals surface area contributed by atoms with Gasteiger partial charge in [-0.1, -0.05) is 29.8 Å². The average Bonchev–Trinajstić information content (AvgIpc) is 2.44. The molecule has 2 aromatic rings. The average molecular weight is 353 g/mol. The number of Topliss-reactive ketones (excluding diaryl/α,β-unsaturated/α-hetero) is 1. The van der Waals surface area contributed by atoms with Gasteiger partial charge in [0, 0.05) is 10.0 Å². The van der Waals surface area contributed by atoms with Crippen molar-refractivity contribution in [1.29, 1.82) is 5.26 Å². The molecule has 2 rings (SSSR count). The third-order valence-corrected chi connectivity index (χ3v) is 4.11. The van der Waals surface area contributed by atoms with Crippen LogP contribution in [0.1, 0.15) is 21.8 Å². The number of rotatable bonds is 3. The first-order valence-electron chi connectivity index (χ1n) is 5.68. The first kappa shape index (κ1) is 14.7. The lowest BCUT2D eigenvalue weighted by Crippen LogP contribution is -2.12. The Morgan fingerprint density at radius 2 is 1.90 bits per heavy atom. The molecule has 100 valence electrons. The molecule has 0 bridgehead atoms. The first-order valence-corrected chi connectivity index (χ1v) is 6.85. The number of carbonyl (C=O) groups is 1. The van der Waals surface area contributed by atoms with Crippen molar-refractivity contribution in [2.75, 3.05) is 0 Å². The summed E-state index contributed by atoms with van der Waals surface area (Å²) in [4.78, 5) is 12.4. The molecule has 1 atom stereocenters. The molecule has 0 aliphatic rings. The van der Waals surface area contributed by atoms with Crippen molar-refractivity contribution in [1.82, 2.24) is 0 Å². The molecule has 0 saturated heterocycles. The van der Waals surface area contributed by atoms with Crippen LogP contribution >= 0.6 is 27.5 Å². The van der Waals surface area contributed by atoms with E-state index < -0.39 is 17.5 Å². The summed E-state index contributed by atoms with van der Waals surface area (Å²) in [6.07, 6.45) is 0. The van der Waals surface area contributed by atoms with E-state index in [0.29, 0.717) is 10.0 Å². The van der Waals surface area contributed by atoms with E-state index in [1.54, 1.807) is 18.2 Å². The highest BCUT2D eigenvalue weighted by atomic mass is 79.9. The summed E-state index contributed by atoms with van der Waals surface area (Å²) in [6.45, 7) is 0. The summed E-state index contributed by atoms with van der Waals surface area (Å²) in [5, 5.41) is 9.49. The lowest BCUT2D eigenvalue weighted by molar-refractivity contribution is 0.0979. The maximum atomic E-state index is 12.9. The van der Waals surface area contributed by atoms with Crippen LogP contribution in [0.4, 0.5) is 4.39 Å². The standard InChI is InChI=1S/C15H8BrClFNO/c16-13-3-1-2-11(14(13)17)15(20)12(8-19)9-4-6-10(18)7-5-9/h1-7,12H. The van der Waals surface area contributed by atoms with Gasteiger partial charge in [-0.2, -0.15) is 5.26 Å². The summed E-state index contributed by atoms with van der Waals surface area (Å²) in [7, 11) is 0. The number of halogens is 3. The highest BCUT2D eigenvalue weighted by Crippen LogP contribution is 2.30. The zero-order valence-corrected chi connectivity index (χ0v) is 12.5. The van der Waals surface area contributed by atoms with E-state index in [1.807, 2.05) is 6.07 Å². The number of ketones is 1. The summed E-state index contributed by atoms with van der Waals surface area (Å²) < 4.78 is 13.5. The number of nitrogens with zero attached hydrogens (tertiary/aromatic N) is 1. The van der Waals surface area contributed by atoms with Crippen molar-refractivity contribution in [3.63, 3.8) is 0 Å². The Balaban J connectivity index is 2.42. The smallest absolute Gasteiger partial charge is 0.185 e. The number of hydrogen-bond acceptors (Lipinski definition) is 2. The van der Waals surface area contributed by atoms with Crippen molar-refractivity contribution >= 4 is 33.3 Å². The minimum atomic E-state index is -1.01. The third-order valence-electron chi connectivity index (χ3n) is 2.81. The quantitative estimate of drug-likeness (QED) is 0.749. The molecular weight excluding hydrogens is 345 g/mol. The van der Waals surface area contributed by atoms with Gasteiger partial charge in [-0.05, 0) is 45.8 Å².